The number of allylic oxidation sites excluding steroid dienone is 2. The molecule has 14 heavy (non-hydrogen) atoms. The van der Waals surface area contributed by atoms with Gasteiger partial charge in [0.25, 0.3) is 0 Å². The van der Waals surface area contributed by atoms with Crippen LogP contribution in [0.4, 0.5) is 0 Å². The third-order valence-corrected chi connectivity index (χ3v) is 2.84. The molecule has 0 saturated carbocycles. The van der Waals surface area contributed by atoms with Gasteiger partial charge in [0.1, 0.15) is 0 Å². The predicted octanol–water partition coefficient (Wildman–Crippen LogP) is 3.63. The maximum absolute atomic E-state index is 9.92. The van der Waals surface area contributed by atoms with Gasteiger partial charge in [-0.1, -0.05) is 53.2 Å². The van der Waals surface area contributed by atoms with Crippen molar-refractivity contribution in [3.05, 3.63) is 12.2 Å². The molecule has 0 aliphatic carbocycles. The summed E-state index contributed by atoms with van der Waals surface area (Å²) < 4.78 is 0. The summed E-state index contributed by atoms with van der Waals surface area (Å²) >= 11 is 0. The van der Waals surface area contributed by atoms with E-state index in [1.165, 1.54) is 0 Å². The summed E-state index contributed by atoms with van der Waals surface area (Å²) in [7, 11) is 0. The molecule has 1 nitrogen and oxygen atoms in total. The monoisotopic (exact) mass is 198 g/mol. The Bertz CT molecular complexity index is 161. The minimum Gasteiger partial charge on any atom is -0.393 e. The van der Waals surface area contributed by atoms with Crippen LogP contribution in [0.15, 0.2) is 12.2 Å². The first kappa shape index (κ1) is 13.7. The topological polar surface area (TPSA) is 20.2 Å². The SMILES string of the molecule is CCC(C)C(O)C(C)CC=CC(C)C. The van der Waals surface area contributed by atoms with Crippen LogP contribution >= 0.6 is 0 Å². The van der Waals surface area contributed by atoms with Crippen molar-refractivity contribution in [1.29, 1.82) is 0 Å². The fourth-order valence-electron chi connectivity index (χ4n) is 1.51. The van der Waals surface area contributed by atoms with Gasteiger partial charge in [-0.25, -0.2) is 0 Å². The first-order valence-corrected chi connectivity index (χ1v) is 5.83. The lowest BCUT2D eigenvalue weighted by Crippen LogP contribution is -2.24. The zero-order chi connectivity index (χ0) is 11.1. The molecule has 0 amide bonds. The first-order chi connectivity index (χ1) is 6.49. The molecule has 0 saturated heterocycles. The van der Waals surface area contributed by atoms with E-state index in [2.05, 4.69) is 46.8 Å². The van der Waals surface area contributed by atoms with E-state index >= 15 is 0 Å². The Morgan fingerprint density at radius 3 is 2.07 bits per heavy atom. The molecular formula is C13H26O. The van der Waals surface area contributed by atoms with Crippen LogP contribution in [0.25, 0.3) is 0 Å². The summed E-state index contributed by atoms with van der Waals surface area (Å²) in [6, 6.07) is 0. The van der Waals surface area contributed by atoms with Gasteiger partial charge in [-0.05, 0) is 24.2 Å². The van der Waals surface area contributed by atoms with E-state index in [1.807, 2.05) is 0 Å². The lowest BCUT2D eigenvalue weighted by atomic mass is 9.89. The van der Waals surface area contributed by atoms with E-state index in [0.717, 1.165) is 12.8 Å². The first-order valence-electron chi connectivity index (χ1n) is 5.83. The van der Waals surface area contributed by atoms with E-state index in [4.69, 9.17) is 0 Å². The van der Waals surface area contributed by atoms with Crippen LogP contribution in [0.3, 0.4) is 0 Å². The average Bonchev–Trinajstić information content (AvgIpc) is 2.14. The summed E-state index contributed by atoms with van der Waals surface area (Å²) in [5.74, 6) is 1.40. The summed E-state index contributed by atoms with van der Waals surface area (Å²) in [5.41, 5.74) is 0. The molecule has 0 heterocycles. The molecule has 3 atom stereocenters. The van der Waals surface area contributed by atoms with Crippen LogP contribution in [-0.2, 0) is 0 Å². The summed E-state index contributed by atoms with van der Waals surface area (Å²) in [6.45, 7) is 10.7. The molecular weight excluding hydrogens is 172 g/mol. The van der Waals surface area contributed by atoms with Crippen molar-refractivity contribution in [2.45, 2.75) is 53.6 Å². The second-order valence-corrected chi connectivity index (χ2v) is 4.76. The largest absolute Gasteiger partial charge is 0.393 e. The lowest BCUT2D eigenvalue weighted by Gasteiger charge is -2.22. The molecule has 0 fully saturated rings. The highest BCUT2D eigenvalue weighted by Crippen LogP contribution is 2.19. The van der Waals surface area contributed by atoms with Gasteiger partial charge < -0.3 is 5.11 Å². The molecule has 84 valence electrons. The van der Waals surface area contributed by atoms with Crippen LogP contribution in [0.2, 0.25) is 0 Å². The minimum absolute atomic E-state index is 0.156. The Morgan fingerprint density at radius 2 is 1.64 bits per heavy atom. The van der Waals surface area contributed by atoms with Crippen LogP contribution in [-0.4, -0.2) is 11.2 Å². The van der Waals surface area contributed by atoms with E-state index < -0.39 is 0 Å². The van der Waals surface area contributed by atoms with Crippen LogP contribution in [0.1, 0.15) is 47.5 Å². The standard InChI is InChI=1S/C13H26O/c1-6-11(4)13(14)12(5)9-7-8-10(2)3/h7-8,10-14H,6,9H2,1-5H3. The van der Waals surface area contributed by atoms with Gasteiger partial charge in [0.15, 0.2) is 0 Å². The number of aliphatic hydroxyl groups excluding tert-OH is 1. The lowest BCUT2D eigenvalue weighted by molar-refractivity contribution is 0.0643. The smallest absolute Gasteiger partial charge is 0.0594 e. The molecule has 3 unspecified atom stereocenters. The molecule has 0 aromatic rings. The number of aliphatic hydroxyl groups is 1. The van der Waals surface area contributed by atoms with Crippen molar-refractivity contribution in [3.63, 3.8) is 0 Å². The highest BCUT2D eigenvalue weighted by molar-refractivity contribution is 4.87. The average molecular weight is 198 g/mol. The molecule has 1 heteroatoms. The van der Waals surface area contributed by atoms with Gasteiger partial charge in [-0.2, -0.15) is 0 Å². The third-order valence-electron chi connectivity index (χ3n) is 2.84. The second-order valence-electron chi connectivity index (χ2n) is 4.76. The molecule has 0 radical (unpaired) electrons. The summed E-state index contributed by atoms with van der Waals surface area (Å²) in [6.07, 6.45) is 6.29. The number of hydrogen-bond donors (Lipinski definition) is 1. The van der Waals surface area contributed by atoms with E-state index in [1.54, 1.807) is 0 Å². The molecule has 0 aliphatic rings. The fourth-order valence-corrected chi connectivity index (χ4v) is 1.51. The Morgan fingerprint density at radius 1 is 1.07 bits per heavy atom. The van der Waals surface area contributed by atoms with Gasteiger partial charge in [0.05, 0.1) is 6.10 Å². The Balaban J connectivity index is 3.89. The maximum atomic E-state index is 9.92. The number of rotatable bonds is 6. The normalized spacial score (nSPS) is 18.8. The number of hydrogen-bond acceptors (Lipinski definition) is 1. The zero-order valence-electron chi connectivity index (χ0n) is 10.3. The van der Waals surface area contributed by atoms with Crippen LogP contribution in [0.5, 0.6) is 0 Å². The second kappa shape index (κ2) is 7.05. The van der Waals surface area contributed by atoms with Gasteiger partial charge in [-0.15, -0.1) is 0 Å². The van der Waals surface area contributed by atoms with Crippen molar-refractivity contribution < 1.29 is 5.11 Å². The van der Waals surface area contributed by atoms with E-state index in [9.17, 15) is 5.11 Å². The molecule has 0 bridgehead atoms. The Kier molecular flexibility index (Phi) is 6.90. The van der Waals surface area contributed by atoms with Crippen molar-refractivity contribution in [2.75, 3.05) is 0 Å². The van der Waals surface area contributed by atoms with Crippen LogP contribution < -0.4 is 0 Å². The molecule has 0 aromatic carbocycles. The van der Waals surface area contributed by atoms with E-state index in [0.29, 0.717) is 17.8 Å². The quantitative estimate of drug-likeness (QED) is 0.646. The highest BCUT2D eigenvalue weighted by Gasteiger charge is 2.18. The molecule has 0 spiro atoms. The van der Waals surface area contributed by atoms with E-state index in [-0.39, 0.29) is 6.10 Å². The van der Waals surface area contributed by atoms with Gasteiger partial charge in [0, 0.05) is 0 Å². The van der Waals surface area contributed by atoms with Crippen molar-refractivity contribution >= 4 is 0 Å². The summed E-state index contributed by atoms with van der Waals surface area (Å²) in [4.78, 5) is 0. The van der Waals surface area contributed by atoms with Crippen molar-refractivity contribution in [3.8, 4) is 0 Å². The molecule has 1 N–H and O–H groups in total. The van der Waals surface area contributed by atoms with Gasteiger partial charge in [-0.3, -0.25) is 0 Å². The van der Waals surface area contributed by atoms with Gasteiger partial charge >= 0.3 is 0 Å². The molecule has 0 aliphatic heterocycles. The Labute approximate surface area is 89.2 Å². The fraction of sp³-hybridized carbons (Fsp3) is 0.846. The highest BCUT2D eigenvalue weighted by atomic mass is 16.3. The minimum atomic E-state index is -0.156. The van der Waals surface area contributed by atoms with Crippen molar-refractivity contribution in [1.82, 2.24) is 0 Å². The molecule has 0 aromatic heterocycles. The van der Waals surface area contributed by atoms with Crippen molar-refractivity contribution in [2.24, 2.45) is 17.8 Å². The maximum Gasteiger partial charge on any atom is 0.0594 e. The third kappa shape index (κ3) is 5.43. The predicted molar refractivity (Wildman–Crippen MR) is 63.2 cm³/mol. The van der Waals surface area contributed by atoms with Gasteiger partial charge in [0.2, 0.25) is 0 Å². The molecule has 0 rings (SSSR count). The Hall–Kier alpha value is -0.300. The summed E-state index contributed by atoms with van der Waals surface area (Å²) in [5, 5.41) is 9.92. The zero-order valence-corrected chi connectivity index (χ0v) is 10.3. The van der Waals surface area contributed by atoms with Crippen LogP contribution in [0, 0.1) is 17.8 Å².